The Morgan fingerprint density at radius 2 is 2.00 bits per heavy atom. The van der Waals surface area contributed by atoms with Gasteiger partial charge >= 0.3 is 5.97 Å². The zero-order valence-corrected chi connectivity index (χ0v) is 16.6. The number of pyridine rings is 1. The Balaban J connectivity index is 1.91. The summed E-state index contributed by atoms with van der Waals surface area (Å²) in [5.74, 6) is 1.70. The highest BCUT2D eigenvalue weighted by Crippen LogP contribution is 2.32. The summed E-state index contributed by atoms with van der Waals surface area (Å²) in [4.78, 5) is 29.6. The second kappa shape index (κ2) is 9.90. The lowest BCUT2D eigenvalue weighted by molar-refractivity contribution is -0.144. The van der Waals surface area contributed by atoms with Gasteiger partial charge in [0.2, 0.25) is 0 Å². The van der Waals surface area contributed by atoms with E-state index >= 15 is 0 Å². The second-order valence-electron chi connectivity index (χ2n) is 6.62. The normalized spacial score (nSPS) is 20.1. The van der Waals surface area contributed by atoms with Crippen LogP contribution in [0.15, 0.2) is 16.7 Å². The van der Waals surface area contributed by atoms with Gasteiger partial charge in [-0.05, 0) is 73.4 Å². The van der Waals surface area contributed by atoms with Crippen LogP contribution in [0.5, 0.6) is 0 Å². The number of ether oxygens (including phenoxy) is 1. The van der Waals surface area contributed by atoms with Crippen molar-refractivity contribution in [3.8, 4) is 0 Å². The van der Waals surface area contributed by atoms with Gasteiger partial charge in [0, 0.05) is 30.2 Å². The van der Waals surface area contributed by atoms with Gasteiger partial charge in [0.1, 0.15) is 5.82 Å². The van der Waals surface area contributed by atoms with Crippen LogP contribution in [0.1, 0.15) is 56.3 Å². The first-order valence-corrected chi connectivity index (χ1v) is 9.87. The van der Waals surface area contributed by atoms with Gasteiger partial charge in [-0.25, -0.2) is 4.98 Å². The van der Waals surface area contributed by atoms with Gasteiger partial charge in [0.15, 0.2) is 6.29 Å². The van der Waals surface area contributed by atoms with E-state index < -0.39 is 0 Å². The van der Waals surface area contributed by atoms with E-state index in [9.17, 15) is 9.59 Å². The smallest absolute Gasteiger partial charge is 0.306 e. The van der Waals surface area contributed by atoms with Gasteiger partial charge in [-0.15, -0.1) is 0 Å². The van der Waals surface area contributed by atoms with Gasteiger partial charge < -0.3 is 9.64 Å². The molecule has 1 heterocycles. The topological polar surface area (TPSA) is 59.5 Å². The first-order valence-electron chi connectivity index (χ1n) is 9.08. The Morgan fingerprint density at radius 1 is 1.32 bits per heavy atom. The quantitative estimate of drug-likeness (QED) is 0.473. The van der Waals surface area contributed by atoms with Crippen LogP contribution >= 0.6 is 15.9 Å². The Kier molecular flexibility index (Phi) is 7.88. The van der Waals surface area contributed by atoms with Crippen molar-refractivity contribution in [3.63, 3.8) is 0 Å². The molecule has 1 fully saturated rings. The molecule has 5 nitrogen and oxygen atoms in total. The Labute approximate surface area is 158 Å². The molecule has 0 aromatic carbocycles. The van der Waals surface area contributed by atoms with E-state index in [4.69, 9.17) is 4.74 Å². The zero-order valence-electron chi connectivity index (χ0n) is 15.0. The van der Waals surface area contributed by atoms with Crippen molar-refractivity contribution >= 4 is 34.0 Å². The molecule has 0 atom stereocenters. The van der Waals surface area contributed by atoms with Crippen molar-refractivity contribution in [2.45, 2.75) is 46.0 Å². The highest BCUT2D eigenvalue weighted by atomic mass is 79.9. The lowest BCUT2D eigenvalue weighted by Crippen LogP contribution is -2.33. The van der Waals surface area contributed by atoms with E-state index in [2.05, 4.69) is 32.7 Å². The van der Waals surface area contributed by atoms with E-state index in [0.717, 1.165) is 55.3 Å². The van der Waals surface area contributed by atoms with Crippen LogP contribution < -0.4 is 4.90 Å². The van der Waals surface area contributed by atoms with Crippen LogP contribution in [0.25, 0.3) is 0 Å². The zero-order chi connectivity index (χ0) is 18.2. The van der Waals surface area contributed by atoms with E-state index in [1.807, 2.05) is 13.0 Å². The molecule has 25 heavy (non-hydrogen) atoms. The number of anilines is 1. The number of hydrogen-bond acceptors (Lipinski definition) is 5. The number of aromatic nitrogens is 1. The molecule has 0 spiro atoms. The minimum Gasteiger partial charge on any atom is -0.466 e. The molecule has 0 radical (unpaired) electrons. The van der Waals surface area contributed by atoms with Crippen LogP contribution in [0.3, 0.4) is 0 Å². The maximum atomic E-state index is 11.6. The summed E-state index contributed by atoms with van der Waals surface area (Å²) in [6.07, 6.45) is 7.49. The molecule has 0 unspecified atom stereocenters. The fourth-order valence-corrected chi connectivity index (χ4v) is 3.90. The van der Waals surface area contributed by atoms with Crippen molar-refractivity contribution < 1.29 is 14.3 Å². The van der Waals surface area contributed by atoms with Crippen LogP contribution in [0, 0.1) is 11.8 Å². The second-order valence-corrected chi connectivity index (χ2v) is 7.53. The van der Waals surface area contributed by atoms with Gasteiger partial charge in [-0.2, -0.15) is 0 Å². The largest absolute Gasteiger partial charge is 0.466 e. The van der Waals surface area contributed by atoms with Crippen LogP contribution in [0.2, 0.25) is 0 Å². The molecule has 138 valence electrons. The summed E-state index contributed by atoms with van der Waals surface area (Å²) in [5, 5.41) is 0. The molecule has 1 aliphatic rings. The molecular formula is C19H27BrN2O3. The average Bonchev–Trinajstić information content (AvgIpc) is 2.61. The summed E-state index contributed by atoms with van der Waals surface area (Å²) in [6.45, 7) is 6.11. The fraction of sp³-hybridized carbons (Fsp3) is 0.632. The molecule has 2 rings (SSSR count). The van der Waals surface area contributed by atoms with Gasteiger partial charge in [0.05, 0.1) is 12.2 Å². The van der Waals surface area contributed by atoms with E-state index in [0.29, 0.717) is 30.4 Å². The highest BCUT2D eigenvalue weighted by molar-refractivity contribution is 9.10. The average molecular weight is 411 g/mol. The third kappa shape index (κ3) is 5.80. The summed E-state index contributed by atoms with van der Waals surface area (Å²) >= 11 is 3.37. The summed E-state index contributed by atoms with van der Waals surface area (Å²) in [6, 6.07) is 1.81. The number of esters is 1. The maximum Gasteiger partial charge on any atom is 0.306 e. The Hall–Kier alpha value is -1.43. The molecule has 0 amide bonds. The minimum atomic E-state index is -0.0733. The predicted molar refractivity (Wildman–Crippen MR) is 102 cm³/mol. The van der Waals surface area contributed by atoms with Crippen molar-refractivity contribution in [1.82, 2.24) is 4.98 Å². The number of carbonyl (C=O) groups excluding carboxylic acids is 2. The number of hydrogen-bond donors (Lipinski definition) is 0. The molecule has 1 aromatic heterocycles. The first kappa shape index (κ1) is 19.9. The lowest BCUT2D eigenvalue weighted by atomic mass is 9.80. The van der Waals surface area contributed by atoms with Crippen LogP contribution in [0.4, 0.5) is 5.82 Å². The Morgan fingerprint density at radius 3 is 2.60 bits per heavy atom. The molecule has 0 aliphatic heterocycles. The molecule has 1 aliphatic carbocycles. The van der Waals surface area contributed by atoms with Crippen molar-refractivity contribution in [3.05, 3.63) is 22.3 Å². The fourth-order valence-electron chi connectivity index (χ4n) is 3.55. The molecule has 1 aromatic rings. The Bertz CT molecular complexity index is 586. The third-order valence-corrected chi connectivity index (χ3v) is 5.31. The summed E-state index contributed by atoms with van der Waals surface area (Å²) in [7, 11) is 0. The lowest BCUT2D eigenvalue weighted by Gasteiger charge is -2.33. The van der Waals surface area contributed by atoms with E-state index in [1.165, 1.54) is 0 Å². The summed E-state index contributed by atoms with van der Waals surface area (Å²) < 4.78 is 5.87. The van der Waals surface area contributed by atoms with E-state index in [-0.39, 0.29) is 5.97 Å². The van der Waals surface area contributed by atoms with Crippen LogP contribution in [-0.2, 0) is 9.53 Å². The van der Waals surface area contributed by atoms with E-state index in [1.54, 1.807) is 6.20 Å². The SMILES string of the molecule is CCOC(=O)CC1CCC(CN(CC)c2ncc(Br)cc2C=O)CC1. The number of halogens is 1. The first-order chi connectivity index (χ1) is 12.1. The van der Waals surface area contributed by atoms with Gasteiger partial charge in [0.25, 0.3) is 0 Å². The van der Waals surface area contributed by atoms with Gasteiger partial charge in [-0.1, -0.05) is 0 Å². The number of carbonyl (C=O) groups is 2. The highest BCUT2D eigenvalue weighted by Gasteiger charge is 2.25. The third-order valence-electron chi connectivity index (χ3n) is 4.88. The molecule has 6 heteroatoms. The number of nitrogens with zero attached hydrogens (tertiary/aromatic N) is 2. The number of aldehydes is 1. The molecule has 0 bridgehead atoms. The van der Waals surface area contributed by atoms with Crippen molar-refractivity contribution in [2.75, 3.05) is 24.6 Å². The minimum absolute atomic E-state index is 0.0733. The van der Waals surface area contributed by atoms with Crippen molar-refractivity contribution in [2.24, 2.45) is 11.8 Å². The predicted octanol–water partition coefficient (Wildman–Crippen LogP) is 4.24. The number of rotatable bonds is 8. The molecule has 1 saturated carbocycles. The maximum absolute atomic E-state index is 11.6. The van der Waals surface area contributed by atoms with Crippen LogP contribution in [-0.4, -0.2) is 36.9 Å². The molecule has 0 saturated heterocycles. The molecular weight excluding hydrogens is 384 g/mol. The summed E-state index contributed by atoms with van der Waals surface area (Å²) in [5.41, 5.74) is 0.618. The van der Waals surface area contributed by atoms with Gasteiger partial charge in [-0.3, -0.25) is 9.59 Å². The van der Waals surface area contributed by atoms with Crippen molar-refractivity contribution in [1.29, 1.82) is 0 Å². The standard InChI is InChI=1S/C19H27BrN2O3/c1-3-22(19-16(13-23)10-17(20)11-21-19)12-15-7-5-14(6-8-15)9-18(24)25-4-2/h10-11,13-15H,3-9,12H2,1-2H3. The monoisotopic (exact) mass is 410 g/mol. The molecule has 0 N–H and O–H groups in total.